The van der Waals surface area contributed by atoms with E-state index in [-0.39, 0.29) is 17.0 Å². The van der Waals surface area contributed by atoms with Crippen molar-refractivity contribution >= 4 is 24.4 Å². The van der Waals surface area contributed by atoms with Gasteiger partial charge >= 0.3 is 13.2 Å². The third-order valence-corrected chi connectivity index (χ3v) is 4.32. The Hall–Kier alpha value is -1.80. The maximum Gasteiger partial charge on any atom is 0.488 e. The molecule has 1 amide bonds. The number of carbonyl (C=O) groups is 1. The molecule has 24 heavy (non-hydrogen) atoms. The lowest BCUT2D eigenvalue weighted by molar-refractivity contribution is -0.0453. The second-order valence-corrected chi connectivity index (χ2v) is 7.81. The Morgan fingerprint density at radius 3 is 2.38 bits per heavy atom. The Morgan fingerprint density at radius 2 is 1.83 bits per heavy atom. The summed E-state index contributed by atoms with van der Waals surface area (Å²) in [6.07, 6.45) is -0.303. The van der Waals surface area contributed by atoms with Gasteiger partial charge in [-0.2, -0.15) is 0 Å². The SMILES string of the molecule is CC(C)(C)OC(=O)N1CC2(C1)CN(c1cc(F)cc(B(O)O)c1)C2. The minimum absolute atomic E-state index is 0.0290. The zero-order valence-electron chi connectivity index (χ0n) is 14.1. The Morgan fingerprint density at radius 1 is 1.21 bits per heavy atom. The highest BCUT2D eigenvalue weighted by molar-refractivity contribution is 6.58. The number of likely N-dealkylation sites (tertiary alicyclic amines) is 1. The molecule has 2 fully saturated rings. The van der Waals surface area contributed by atoms with Crippen LogP contribution in [0.5, 0.6) is 0 Å². The first-order chi connectivity index (χ1) is 11.1. The van der Waals surface area contributed by atoms with Crippen molar-refractivity contribution in [3.8, 4) is 0 Å². The van der Waals surface area contributed by atoms with Crippen LogP contribution < -0.4 is 10.4 Å². The predicted octanol–water partition coefficient (Wildman–Crippen LogP) is 0.563. The molecule has 130 valence electrons. The average Bonchev–Trinajstić information content (AvgIpc) is 2.32. The number of carbonyl (C=O) groups excluding carboxylic acids is 1. The monoisotopic (exact) mass is 336 g/mol. The van der Waals surface area contributed by atoms with Crippen molar-refractivity contribution < 1.29 is 24.0 Å². The number of anilines is 1. The van der Waals surface area contributed by atoms with Crippen LogP contribution in [-0.2, 0) is 4.74 Å². The van der Waals surface area contributed by atoms with Gasteiger partial charge in [-0.05, 0) is 44.4 Å². The maximum absolute atomic E-state index is 13.6. The lowest BCUT2D eigenvalue weighted by atomic mass is 9.72. The van der Waals surface area contributed by atoms with Crippen LogP contribution in [0, 0.1) is 11.2 Å². The summed E-state index contributed by atoms with van der Waals surface area (Å²) in [5.74, 6) is -0.499. The number of rotatable bonds is 2. The molecule has 8 heteroatoms. The molecule has 2 aliphatic rings. The van der Waals surface area contributed by atoms with E-state index in [0.29, 0.717) is 31.9 Å². The summed E-state index contributed by atoms with van der Waals surface area (Å²) in [4.78, 5) is 15.6. The zero-order chi connectivity index (χ0) is 17.7. The molecule has 0 aliphatic carbocycles. The zero-order valence-corrected chi connectivity index (χ0v) is 14.1. The van der Waals surface area contributed by atoms with Gasteiger partial charge in [0.15, 0.2) is 0 Å². The molecule has 2 heterocycles. The van der Waals surface area contributed by atoms with Gasteiger partial charge in [0.1, 0.15) is 11.4 Å². The van der Waals surface area contributed by atoms with E-state index < -0.39 is 18.5 Å². The summed E-state index contributed by atoms with van der Waals surface area (Å²) in [5, 5.41) is 18.4. The highest BCUT2D eigenvalue weighted by atomic mass is 19.1. The quantitative estimate of drug-likeness (QED) is 0.773. The molecule has 2 N–H and O–H groups in total. The first-order valence-electron chi connectivity index (χ1n) is 7.96. The van der Waals surface area contributed by atoms with Crippen LogP contribution in [0.2, 0.25) is 0 Å². The van der Waals surface area contributed by atoms with Crippen molar-refractivity contribution in [1.82, 2.24) is 4.90 Å². The van der Waals surface area contributed by atoms with Crippen LogP contribution in [0.15, 0.2) is 18.2 Å². The molecule has 0 unspecified atom stereocenters. The van der Waals surface area contributed by atoms with Crippen molar-refractivity contribution in [3.63, 3.8) is 0 Å². The predicted molar refractivity (Wildman–Crippen MR) is 88.7 cm³/mol. The Kier molecular flexibility index (Phi) is 4.00. The van der Waals surface area contributed by atoms with Crippen molar-refractivity contribution in [2.45, 2.75) is 26.4 Å². The van der Waals surface area contributed by atoms with Gasteiger partial charge in [0.05, 0.1) is 0 Å². The second-order valence-electron chi connectivity index (χ2n) is 7.81. The summed E-state index contributed by atoms with van der Waals surface area (Å²) in [7, 11) is -1.69. The number of amides is 1. The molecule has 6 nitrogen and oxygen atoms in total. The molecular formula is C16H22BFN2O4. The van der Waals surface area contributed by atoms with Crippen LogP contribution in [-0.4, -0.2) is 59.9 Å². The number of hydrogen-bond donors (Lipinski definition) is 2. The van der Waals surface area contributed by atoms with Crippen molar-refractivity contribution in [2.75, 3.05) is 31.1 Å². The third-order valence-electron chi connectivity index (χ3n) is 4.32. The van der Waals surface area contributed by atoms with Gasteiger partial charge in [-0.15, -0.1) is 0 Å². The van der Waals surface area contributed by atoms with Gasteiger partial charge in [0.25, 0.3) is 0 Å². The fraction of sp³-hybridized carbons (Fsp3) is 0.562. The van der Waals surface area contributed by atoms with E-state index in [1.165, 1.54) is 6.07 Å². The summed E-state index contributed by atoms with van der Waals surface area (Å²) >= 11 is 0. The number of hydrogen-bond acceptors (Lipinski definition) is 5. The standard InChI is InChI=1S/C16H22BFN2O4/c1-15(2,3)24-14(21)20-9-16(10-20)7-19(8-16)13-5-11(17(22)23)4-12(18)6-13/h4-6,22-23H,7-10H2,1-3H3. The van der Waals surface area contributed by atoms with Gasteiger partial charge in [-0.1, -0.05) is 0 Å². The summed E-state index contributed by atoms with van der Waals surface area (Å²) in [5.41, 5.74) is 0.282. The van der Waals surface area contributed by atoms with E-state index in [1.807, 2.05) is 25.7 Å². The second kappa shape index (κ2) is 5.63. The van der Waals surface area contributed by atoms with Crippen LogP contribution in [0.1, 0.15) is 20.8 Å². The van der Waals surface area contributed by atoms with Crippen LogP contribution in [0.25, 0.3) is 0 Å². The fourth-order valence-electron chi connectivity index (χ4n) is 3.29. The highest BCUT2D eigenvalue weighted by Gasteiger charge is 2.54. The average molecular weight is 336 g/mol. The molecule has 2 saturated heterocycles. The van der Waals surface area contributed by atoms with Crippen LogP contribution >= 0.6 is 0 Å². The van der Waals surface area contributed by atoms with Crippen molar-refractivity contribution in [2.24, 2.45) is 5.41 Å². The normalized spacial score (nSPS) is 18.9. The minimum Gasteiger partial charge on any atom is -0.444 e. The molecule has 1 aromatic rings. The van der Waals surface area contributed by atoms with E-state index in [9.17, 15) is 19.2 Å². The van der Waals surface area contributed by atoms with Gasteiger partial charge < -0.3 is 24.6 Å². The summed E-state index contributed by atoms with van der Waals surface area (Å²) in [6, 6.07) is 4.06. The van der Waals surface area contributed by atoms with E-state index in [4.69, 9.17) is 4.74 Å². The smallest absolute Gasteiger partial charge is 0.444 e. The number of ether oxygens (including phenoxy) is 1. The van der Waals surface area contributed by atoms with Gasteiger partial charge in [0.2, 0.25) is 0 Å². The lowest BCUT2D eigenvalue weighted by Crippen LogP contribution is -2.73. The van der Waals surface area contributed by atoms with Gasteiger partial charge in [0, 0.05) is 37.3 Å². The summed E-state index contributed by atoms with van der Waals surface area (Å²) in [6.45, 7) is 8.17. The summed E-state index contributed by atoms with van der Waals surface area (Å²) < 4.78 is 18.9. The van der Waals surface area contributed by atoms with E-state index >= 15 is 0 Å². The van der Waals surface area contributed by atoms with Gasteiger partial charge in [-0.25, -0.2) is 9.18 Å². The minimum atomic E-state index is -1.69. The molecule has 3 rings (SSSR count). The molecule has 0 bridgehead atoms. The third kappa shape index (κ3) is 3.34. The molecule has 0 aromatic heterocycles. The van der Waals surface area contributed by atoms with Crippen LogP contribution in [0.4, 0.5) is 14.9 Å². The fourth-order valence-corrected chi connectivity index (χ4v) is 3.29. The molecule has 1 spiro atoms. The van der Waals surface area contributed by atoms with E-state index in [1.54, 1.807) is 11.0 Å². The first kappa shape index (κ1) is 17.0. The van der Waals surface area contributed by atoms with Gasteiger partial charge in [-0.3, -0.25) is 0 Å². The van der Waals surface area contributed by atoms with Crippen LogP contribution in [0.3, 0.4) is 0 Å². The van der Waals surface area contributed by atoms with E-state index in [0.717, 1.165) is 6.07 Å². The number of benzene rings is 1. The molecule has 2 aliphatic heterocycles. The molecule has 0 saturated carbocycles. The molecule has 0 atom stereocenters. The van der Waals surface area contributed by atoms with Crippen molar-refractivity contribution in [1.29, 1.82) is 0 Å². The Bertz CT molecular complexity index is 648. The largest absolute Gasteiger partial charge is 0.488 e. The topological polar surface area (TPSA) is 73.2 Å². The molecule has 0 radical (unpaired) electrons. The molecule has 1 aromatic carbocycles. The van der Waals surface area contributed by atoms with E-state index in [2.05, 4.69) is 0 Å². The maximum atomic E-state index is 13.6. The number of halogens is 1. The first-order valence-corrected chi connectivity index (χ1v) is 7.96. The molecular weight excluding hydrogens is 314 g/mol. The Labute approximate surface area is 141 Å². The highest BCUT2D eigenvalue weighted by Crippen LogP contribution is 2.42. The lowest BCUT2D eigenvalue weighted by Gasteiger charge is -2.60. The number of nitrogens with zero attached hydrogens (tertiary/aromatic N) is 2. The van der Waals surface area contributed by atoms with Crippen molar-refractivity contribution in [3.05, 3.63) is 24.0 Å². The Balaban J connectivity index is 1.57.